The fourth-order valence-corrected chi connectivity index (χ4v) is 7.13. The number of benzene rings is 6. The summed E-state index contributed by atoms with van der Waals surface area (Å²) in [5.74, 6) is -0.205. The number of pyridine rings is 1. The van der Waals surface area contributed by atoms with Crippen LogP contribution in [0.5, 0.6) is 0 Å². The Labute approximate surface area is 272 Å². The van der Waals surface area contributed by atoms with Crippen LogP contribution in [0.25, 0.3) is 88.6 Å². The smallest absolute Gasteiger partial charge is 0.235 e. The molecule has 5 nitrogen and oxygen atoms in total. The maximum atomic E-state index is 14.0. The molecule has 0 amide bonds. The molecule has 0 spiro atoms. The molecule has 0 saturated heterocycles. The molecule has 10 aromatic rings. The van der Waals surface area contributed by atoms with Gasteiger partial charge in [-0.1, -0.05) is 54.6 Å². The van der Waals surface area contributed by atoms with Crippen molar-refractivity contribution in [1.29, 1.82) is 0 Å². The number of hydrogen-bond donors (Lipinski definition) is 0. The zero-order valence-corrected chi connectivity index (χ0v) is 25.3. The standard InChI is InChI=1S/C41H23F2N5/c42-26-17-13-24(14-18-26)33-23-34(25-15-19-27(43)20-16-25)46-41(45-33)48-35-10-4-1-7-28(35)29-21-22-31-38(39(29)48)30-8-2-5-11-36(30)47-37-12-6-3-9-32(37)44-40(31)47/h1-23H. The molecule has 0 aliphatic heterocycles. The maximum Gasteiger partial charge on any atom is 0.235 e. The molecule has 7 heteroatoms. The average Bonchev–Trinajstić information content (AvgIpc) is 3.69. The highest BCUT2D eigenvalue weighted by Gasteiger charge is 2.22. The van der Waals surface area contributed by atoms with E-state index < -0.39 is 0 Å². The van der Waals surface area contributed by atoms with Crippen molar-refractivity contribution in [3.63, 3.8) is 0 Å². The Hall–Kier alpha value is -6.47. The molecule has 6 aromatic carbocycles. The summed E-state index contributed by atoms with van der Waals surface area (Å²) in [6.45, 7) is 0. The van der Waals surface area contributed by atoms with E-state index in [4.69, 9.17) is 15.0 Å². The minimum atomic E-state index is -0.328. The Morgan fingerprint density at radius 2 is 1.02 bits per heavy atom. The van der Waals surface area contributed by atoms with E-state index in [1.54, 1.807) is 24.3 Å². The lowest BCUT2D eigenvalue weighted by molar-refractivity contribution is 0.627. The van der Waals surface area contributed by atoms with E-state index in [9.17, 15) is 8.78 Å². The van der Waals surface area contributed by atoms with Crippen LogP contribution >= 0.6 is 0 Å². The molecule has 0 atom stereocenters. The van der Waals surface area contributed by atoms with Gasteiger partial charge in [-0.2, -0.15) is 0 Å². The van der Waals surface area contributed by atoms with Gasteiger partial charge in [-0.05, 0) is 84.9 Å². The molecule has 0 aliphatic carbocycles. The van der Waals surface area contributed by atoms with E-state index >= 15 is 0 Å². The first-order chi connectivity index (χ1) is 23.6. The number of aromatic nitrogens is 5. The lowest BCUT2D eigenvalue weighted by Gasteiger charge is -2.14. The maximum absolute atomic E-state index is 14.0. The first-order valence-electron chi connectivity index (χ1n) is 15.7. The second kappa shape index (κ2) is 10.0. The van der Waals surface area contributed by atoms with Crippen molar-refractivity contribution in [3.05, 3.63) is 151 Å². The fourth-order valence-electron chi connectivity index (χ4n) is 7.13. The summed E-state index contributed by atoms with van der Waals surface area (Å²) >= 11 is 0. The third kappa shape index (κ3) is 3.85. The second-order valence-corrected chi connectivity index (χ2v) is 12.0. The molecule has 0 bridgehead atoms. The quantitative estimate of drug-likeness (QED) is 0.184. The van der Waals surface area contributed by atoms with Crippen molar-refractivity contribution >= 4 is 60.2 Å². The molecule has 0 radical (unpaired) electrons. The van der Waals surface area contributed by atoms with Gasteiger partial charge in [0, 0.05) is 38.1 Å². The third-order valence-electron chi connectivity index (χ3n) is 9.25. The summed E-state index contributed by atoms with van der Waals surface area (Å²) in [5.41, 5.74) is 8.52. The van der Waals surface area contributed by atoms with Crippen LogP contribution in [-0.4, -0.2) is 23.9 Å². The summed E-state index contributed by atoms with van der Waals surface area (Å²) in [6, 6.07) is 43.6. The summed E-state index contributed by atoms with van der Waals surface area (Å²) in [5, 5.41) is 5.25. The van der Waals surface area contributed by atoms with Gasteiger partial charge in [0.2, 0.25) is 5.95 Å². The first-order valence-corrected chi connectivity index (χ1v) is 15.7. The van der Waals surface area contributed by atoms with Crippen molar-refractivity contribution in [3.8, 4) is 28.5 Å². The van der Waals surface area contributed by atoms with Crippen molar-refractivity contribution in [2.24, 2.45) is 0 Å². The topological polar surface area (TPSA) is 48.0 Å². The van der Waals surface area contributed by atoms with E-state index in [0.717, 1.165) is 71.3 Å². The van der Waals surface area contributed by atoms with Gasteiger partial charge >= 0.3 is 0 Å². The highest BCUT2D eigenvalue weighted by molar-refractivity contribution is 6.27. The van der Waals surface area contributed by atoms with Gasteiger partial charge in [-0.3, -0.25) is 8.97 Å². The summed E-state index contributed by atoms with van der Waals surface area (Å²) in [7, 11) is 0. The molecule has 4 aromatic heterocycles. The lowest BCUT2D eigenvalue weighted by atomic mass is 10.0. The van der Waals surface area contributed by atoms with Gasteiger partial charge in [-0.15, -0.1) is 0 Å². The number of halogens is 2. The van der Waals surface area contributed by atoms with Crippen LogP contribution in [0.15, 0.2) is 140 Å². The van der Waals surface area contributed by atoms with Crippen LogP contribution < -0.4 is 0 Å². The Morgan fingerprint density at radius 1 is 0.458 bits per heavy atom. The fraction of sp³-hybridized carbons (Fsp3) is 0. The van der Waals surface area contributed by atoms with Crippen molar-refractivity contribution in [2.45, 2.75) is 0 Å². The predicted molar refractivity (Wildman–Crippen MR) is 188 cm³/mol. The molecular formula is C41H23F2N5. The molecular weight excluding hydrogens is 600 g/mol. The molecule has 0 saturated carbocycles. The van der Waals surface area contributed by atoms with Crippen LogP contribution in [-0.2, 0) is 0 Å². The molecule has 0 aliphatic rings. The van der Waals surface area contributed by atoms with E-state index in [-0.39, 0.29) is 11.6 Å². The van der Waals surface area contributed by atoms with E-state index in [0.29, 0.717) is 17.3 Å². The summed E-state index contributed by atoms with van der Waals surface area (Å²) in [6.07, 6.45) is 0. The molecule has 0 unspecified atom stereocenters. The minimum absolute atomic E-state index is 0.328. The number of rotatable bonds is 3. The van der Waals surface area contributed by atoms with Gasteiger partial charge in [0.05, 0.1) is 39.0 Å². The highest BCUT2D eigenvalue weighted by atomic mass is 19.1. The molecule has 0 fully saturated rings. The molecule has 4 heterocycles. The summed E-state index contributed by atoms with van der Waals surface area (Å²) in [4.78, 5) is 15.4. The second-order valence-electron chi connectivity index (χ2n) is 12.0. The number of fused-ring (bicyclic) bond motifs is 12. The first kappa shape index (κ1) is 26.7. The largest absolute Gasteiger partial charge is 0.292 e. The Bertz CT molecular complexity index is 2840. The zero-order valence-electron chi connectivity index (χ0n) is 25.3. The van der Waals surface area contributed by atoms with Crippen molar-refractivity contribution < 1.29 is 8.78 Å². The van der Waals surface area contributed by atoms with E-state index in [1.807, 2.05) is 36.4 Å². The Kier molecular flexibility index (Phi) is 5.57. The summed E-state index contributed by atoms with van der Waals surface area (Å²) < 4.78 is 32.4. The van der Waals surface area contributed by atoms with E-state index in [2.05, 4.69) is 63.6 Å². The van der Waals surface area contributed by atoms with Crippen LogP contribution in [0, 0.1) is 11.6 Å². The molecule has 10 rings (SSSR count). The lowest BCUT2D eigenvalue weighted by Crippen LogP contribution is -2.04. The predicted octanol–water partition coefficient (Wildman–Crippen LogP) is 10.3. The van der Waals surface area contributed by atoms with Crippen molar-refractivity contribution in [2.75, 3.05) is 0 Å². The van der Waals surface area contributed by atoms with Gasteiger partial charge in [0.1, 0.15) is 17.3 Å². The Morgan fingerprint density at radius 3 is 1.71 bits per heavy atom. The van der Waals surface area contributed by atoms with Crippen LogP contribution in [0.2, 0.25) is 0 Å². The zero-order chi connectivity index (χ0) is 31.9. The monoisotopic (exact) mass is 623 g/mol. The van der Waals surface area contributed by atoms with Crippen LogP contribution in [0.3, 0.4) is 0 Å². The normalized spacial score (nSPS) is 12.0. The van der Waals surface area contributed by atoms with Gasteiger partial charge in [-0.25, -0.2) is 23.7 Å². The number of para-hydroxylation sites is 4. The van der Waals surface area contributed by atoms with Gasteiger partial charge in [0.15, 0.2) is 0 Å². The van der Waals surface area contributed by atoms with E-state index in [1.165, 1.54) is 24.3 Å². The van der Waals surface area contributed by atoms with Gasteiger partial charge in [0.25, 0.3) is 0 Å². The highest BCUT2D eigenvalue weighted by Crippen LogP contribution is 2.41. The molecule has 226 valence electrons. The number of imidazole rings is 1. The Balaban J connectivity index is 1.39. The SMILES string of the molecule is Fc1ccc(-c2cc(-c3ccc(F)cc3)nc(-n3c4ccccc4c4ccc5c(c6ccccc6n6c7ccccc7nc56)c43)n2)cc1. The minimum Gasteiger partial charge on any atom is -0.292 e. The number of hydrogen-bond acceptors (Lipinski definition) is 3. The average molecular weight is 624 g/mol. The third-order valence-corrected chi connectivity index (χ3v) is 9.25. The van der Waals surface area contributed by atoms with Crippen LogP contribution in [0.4, 0.5) is 8.78 Å². The molecule has 48 heavy (non-hydrogen) atoms. The van der Waals surface area contributed by atoms with Gasteiger partial charge < -0.3 is 0 Å². The number of nitrogens with zero attached hydrogens (tertiary/aromatic N) is 5. The van der Waals surface area contributed by atoms with Crippen LogP contribution in [0.1, 0.15) is 0 Å². The molecule has 0 N–H and O–H groups in total. The van der Waals surface area contributed by atoms with Crippen molar-refractivity contribution in [1.82, 2.24) is 23.9 Å².